The molecule has 4 heteroatoms. The predicted molar refractivity (Wildman–Crippen MR) is 80.3 cm³/mol. The first kappa shape index (κ1) is 18.4. The lowest BCUT2D eigenvalue weighted by Crippen LogP contribution is -2.36. The monoisotopic (exact) mass is 272 g/mol. The summed E-state index contributed by atoms with van der Waals surface area (Å²) in [7, 11) is 3.53. The molecular weight excluding hydrogens is 240 g/mol. The average Bonchev–Trinajstić information content (AvgIpc) is 2.40. The van der Waals surface area contributed by atoms with Gasteiger partial charge in [-0.1, -0.05) is 33.6 Å². The number of carbonyl (C=O) groups is 1. The number of carbonyl (C=O) groups excluding carboxylic acids is 1. The van der Waals surface area contributed by atoms with E-state index in [2.05, 4.69) is 11.8 Å². The van der Waals surface area contributed by atoms with E-state index in [1.165, 1.54) is 25.8 Å². The second kappa shape index (κ2) is 11.2. The number of unbranched alkanes of at least 4 members (excludes halogenated alkanes) is 2. The van der Waals surface area contributed by atoms with Gasteiger partial charge in [-0.2, -0.15) is 0 Å². The summed E-state index contributed by atoms with van der Waals surface area (Å²) in [6.45, 7) is 11.5. The standard InChI is InChI=1S/C9H19NO.C6H13NO/c1-2-3-4-5-10-6-8-11-9-7-10;1-5(2)6(8)7(3)4/h2-9H2,1H3;5H,1-4H3. The Hall–Kier alpha value is -0.610. The molecule has 1 aliphatic rings. The highest BCUT2D eigenvalue weighted by Gasteiger charge is 2.08. The number of hydrogen-bond acceptors (Lipinski definition) is 3. The summed E-state index contributed by atoms with van der Waals surface area (Å²) in [6, 6.07) is 0. The smallest absolute Gasteiger partial charge is 0.224 e. The quantitative estimate of drug-likeness (QED) is 0.720. The fourth-order valence-electron chi connectivity index (χ4n) is 1.93. The Kier molecular flexibility index (Phi) is 10.9. The van der Waals surface area contributed by atoms with Gasteiger partial charge in [0.25, 0.3) is 0 Å². The van der Waals surface area contributed by atoms with E-state index in [9.17, 15) is 4.79 Å². The molecule has 1 saturated heterocycles. The molecule has 1 aliphatic heterocycles. The fourth-order valence-corrected chi connectivity index (χ4v) is 1.93. The molecule has 0 aromatic carbocycles. The van der Waals surface area contributed by atoms with E-state index >= 15 is 0 Å². The van der Waals surface area contributed by atoms with E-state index in [1.54, 1.807) is 19.0 Å². The van der Waals surface area contributed by atoms with Crippen molar-refractivity contribution >= 4 is 5.91 Å². The number of ether oxygens (including phenoxy) is 1. The van der Waals surface area contributed by atoms with Gasteiger partial charge in [0.2, 0.25) is 5.91 Å². The van der Waals surface area contributed by atoms with E-state index in [0.717, 1.165) is 26.3 Å². The van der Waals surface area contributed by atoms with Crippen LogP contribution in [0.15, 0.2) is 0 Å². The number of hydrogen-bond donors (Lipinski definition) is 0. The van der Waals surface area contributed by atoms with Crippen molar-refractivity contribution in [3.63, 3.8) is 0 Å². The Morgan fingerprint density at radius 3 is 2.16 bits per heavy atom. The van der Waals surface area contributed by atoms with Crippen LogP contribution in [-0.2, 0) is 9.53 Å². The second-order valence-electron chi connectivity index (χ2n) is 5.55. The number of rotatable bonds is 5. The van der Waals surface area contributed by atoms with Crippen molar-refractivity contribution in [2.45, 2.75) is 40.0 Å². The first-order chi connectivity index (χ1) is 8.99. The van der Waals surface area contributed by atoms with Crippen LogP contribution in [0, 0.1) is 5.92 Å². The van der Waals surface area contributed by atoms with Gasteiger partial charge in [0, 0.05) is 33.1 Å². The molecule has 0 N–H and O–H groups in total. The van der Waals surface area contributed by atoms with Crippen LogP contribution in [0.4, 0.5) is 0 Å². The van der Waals surface area contributed by atoms with E-state index in [-0.39, 0.29) is 11.8 Å². The van der Waals surface area contributed by atoms with Crippen molar-refractivity contribution in [1.29, 1.82) is 0 Å². The van der Waals surface area contributed by atoms with Crippen molar-refractivity contribution in [1.82, 2.24) is 9.80 Å². The summed E-state index contributed by atoms with van der Waals surface area (Å²) >= 11 is 0. The zero-order valence-corrected chi connectivity index (χ0v) is 13.4. The normalized spacial score (nSPS) is 15.9. The predicted octanol–water partition coefficient (Wildman–Crippen LogP) is 2.24. The lowest BCUT2D eigenvalue weighted by molar-refractivity contribution is -0.131. The first-order valence-corrected chi connectivity index (χ1v) is 7.50. The van der Waals surface area contributed by atoms with Crippen LogP contribution in [0.1, 0.15) is 40.0 Å². The molecular formula is C15H32N2O2. The number of morpholine rings is 1. The molecule has 4 nitrogen and oxygen atoms in total. The van der Waals surface area contributed by atoms with Crippen molar-refractivity contribution < 1.29 is 9.53 Å². The van der Waals surface area contributed by atoms with Crippen LogP contribution in [-0.4, -0.2) is 62.7 Å². The summed E-state index contributed by atoms with van der Waals surface area (Å²) in [5, 5.41) is 0. The lowest BCUT2D eigenvalue weighted by Gasteiger charge is -2.26. The highest BCUT2D eigenvalue weighted by molar-refractivity contribution is 5.77. The molecule has 0 aliphatic carbocycles. The van der Waals surface area contributed by atoms with Gasteiger partial charge in [0.05, 0.1) is 13.2 Å². The summed E-state index contributed by atoms with van der Waals surface area (Å²) in [4.78, 5) is 14.9. The van der Waals surface area contributed by atoms with Crippen LogP contribution < -0.4 is 0 Å². The Labute approximate surface area is 119 Å². The highest BCUT2D eigenvalue weighted by atomic mass is 16.5. The van der Waals surface area contributed by atoms with Gasteiger partial charge in [-0.3, -0.25) is 9.69 Å². The van der Waals surface area contributed by atoms with Crippen LogP contribution >= 0.6 is 0 Å². The maximum absolute atomic E-state index is 10.8. The van der Waals surface area contributed by atoms with Crippen LogP contribution in [0.2, 0.25) is 0 Å². The van der Waals surface area contributed by atoms with Crippen molar-refractivity contribution in [2.75, 3.05) is 46.9 Å². The fraction of sp³-hybridized carbons (Fsp3) is 0.933. The number of amides is 1. The van der Waals surface area contributed by atoms with Gasteiger partial charge >= 0.3 is 0 Å². The summed E-state index contributed by atoms with van der Waals surface area (Å²) in [5.41, 5.74) is 0. The molecule has 0 aromatic heterocycles. The Morgan fingerprint density at radius 1 is 1.21 bits per heavy atom. The SMILES string of the molecule is CC(C)C(=O)N(C)C.CCCCCN1CCOCC1. The molecule has 0 unspecified atom stereocenters. The third kappa shape index (κ3) is 9.91. The van der Waals surface area contributed by atoms with Crippen molar-refractivity contribution in [3.05, 3.63) is 0 Å². The topological polar surface area (TPSA) is 32.8 Å². The summed E-state index contributed by atoms with van der Waals surface area (Å²) in [5.74, 6) is 0.315. The zero-order chi connectivity index (χ0) is 14.7. The van der Waals surface area contributed by atoms with Crippen LogP contribution in [0.25, 0.3) is 0 Å². The molecule has 19 heavy (non-hydrogen) atoms. The van der Waals surface area contributed by atoms with Gasteiger partial charge in [0.1, 0.15) is 0 Å². The van der Waals surface area contributed by atoms with E-state index in [1.807, 2.05) is 13.8 Å². The van der Waals surface area contributed by atoms with Gasteiger partial charge < -0.3 is 9.64 Å². The van der Waals surface area contributed by atoms with Crippen LogP contribution in [0.5, 0.6) is 0 Å². The molecule has 114 valence electrons. The first-order valence-electron chi connectivity index (χ1n) is 7.50. The van der Waals surface area contributed by atoms with E-state index in [4.69, 9.17) is 4.74 Å². The minimum Gasteiger partial charge on any atom is -0.379 e. The molecule has 1 heterocycles. The third-order valence-electron chi connectivity index (χ3n) is 3.12. The maximum atomic E-state index is 10.8. The van der Waals surface area contributed by atoms with Crippen molar-refractivity contribution in [3.8, 4) is 0 Å². The molecule has 0 radical (unpaired) electrons. The lowest BCUT2D eigenvalue weighted by atomic mass is 10.2. The summed E-state index contributed by atoms with van der Waals surface area (Å²) < 4.78 is 5.26. The summed E-state index contributed by atoms with van der Waals surface area (Å²) in [6.07, 6.45) is 4.05. The average molecular weight is 272 g/mol. The Morgan fingerprint density at radius 2 is 1.79 bits per heavy atom. The van der Waals surface area contributed by atoms with Gasteiger partial charge in [-0.15, -0.1) is 0 Å². The highest BCUT2D eigenvalue weighted by Crippen LogP contribution is 2.01. The minimum atomic E-state index is 0.130. The molecule has 1 fully saturated rings. The van der Waals surface area contributed by atoms with Crippen LogP contribution in [0.3, 0.4) is 0 Å². The molecule has 0 saturated carbocycles. The van der Waals surface area contributed by atoms with Gasteiger partial charge in [-0.05, 0) is 13.0 Å². The van der Waals surface area contributed by atoms with Gasteiger partial charge in [0.15, 0.2) is 0 Å². The van der Waals surface area contributed by atoms with Crippen molar-refractivity contribution in [2.24, 2.45) is 5.92 Å². The van der Waals surface area contributed by atoms with E-state index < -0.39 is 0 Å². The molecule has 0 atom stereocenters. The van der Waals surface area contributed by atoms with E-state index in [0.29, 0.717) is 0 Å². The zero-order valence-electron chi connectivity index (χ0n) is 13.4. The van der Waals surface area contributed by atoms with Gasteiger partial charge in [-0.25, -0.2) is 0 Å². The second-order valence-corrected chi connectivity index (χ2v) is 5.55. The molecule has 0 bridgehead atoms. The minimum absolute atomic E-state index is 0.130. The largest absolute Gasteiger partial charge is 0.379 e. The Balaban J connectivity index is 0.000000362. The Bertz CT molecular complexity index is 214. The molecule has 0 aromatic rings. The molecule has 1 amide bonds. The maximum Gasteiger partial charge on any atom is 0.224 e. The number of nitrogens with zero attached hydrogens (tertiary/aromatic N) is 2. The molecule has 0 spiro atoms. The molecule has 1 rings (SSSR count). The third-order valence-corrected chi connectivity index (χ3v) is 3.12.